The van der Waals surface area contributed by atoms with Crippen LogP contribution in [0.3, 0.4) is 0 Å². The van der Waals surface area contributed by atoms with Gasteiger partial charge in [0.2, 0.25) is 0 Å². The summed E-state index contributed by atoms with van der Waals surface area (Å²) in [5.74, 6) is 0.0897. The Morgan fingerprint density at radius 2 is 1.79 bits per heavy atom. The fourth-order valence-corrected chi connectivity index (χ4v) is 4.20. The molecule has 4 aromatic rings. The SMILES string of the molecule is Cc1cc2[nH]c(-c3cc(F)c4cc(C5CCNCC5)nnc4c3)cc2c(C)n1. The van der Waals surface area contributed by atoms with Crippen molar-refractivity contribution in [3.05, 3.63) is 53.2 Å². The van der Waals surface area contributed by atoms with Crippen LogP contribution < -0.4 is 5.32 Å². The van der Waals surface area contributed by atoms with E-state index >= 15 is 0 Å². The van der Waals surface area contributed by atoms with Gasteiger partial charge in [0.05, 0.1) is 11.2 Å². The van der Waals surface area contributed by atoms with E-state index in [1.165, 1.54) is 0 Å². The molecule has 0 unspecified atom stereocenters. The van der Waals surface area contributed by atoms with E-state index in [2.05, 4.69) is 25.5 Å². The second-order valence-corrected chi connectivity index (χ2v) is 7.68. The van der Waals surface area contributed by atoms with Crippen molar-refractivity contribution in [2.24, 2.45) is 0 Å². The third-order valence-corrected chi connectivity index (χ3v) is 5.68. The van der Waals surface area contributed by atoms with Crippen LogP contribution in [0.15, 0.2) is 30.3 Å². The van der Waals surface area contributed by atoms with Crippen LogP contribution in [0, 0.1) is 19.7 Å². The van der Waals surface area contributed by atoms with Gasteiger partial charge >= 0.3 is 0 Å². The van der Waals surface area contributed by atoms with E-state index in [1.54, 1.807) is 6.07 Å². The zero-order valence-corrected chi connectivity index (χ0v) is 16.0. The van der Waals surface area contributed by atoms with Crippen molar-refractivity contribution in [2.45, 2.75) is 32.6 Å². The lowest BCUT2D eigenvalue weighted by molar-refractivity contribution is 0.451. The normalized spacial score (nSPS) is 15.5. The molecule has 142 valence electrons. The summed E-state index contributed by atoms with van der Waals surface area (Å²) in [5.41, 5.74) is 6.02. The smallest absolute Gasteiger partial charge is 0.133 e. The predicted octanol–water partition coefficient (Wildman–Crippen LogP) is 4.40. The molecule has 5 rings (SSSR count). The van der Waals surface area contributed by atoms with E-state index in [0.29, 0.717) is 16.8 Å². The zero-order chi connectivity index (χ0) is 19.3. The molecular weight excluding hydrogens is 353 g/mol. The summed E-state index contributed by atoms with van der Waals surface area (Å²) >= 11 is 0. The molecule has 5 nitrogen and oxygen atoms in total. The summed E-state index contributed by atoms with van der Waals surface area (Å²) in [6.45, 7) is 5.90. The molecule has 1 saturated heterocycles. The molecule has 0 spiro atoms. The van der Waals surface area contributed by atoms with Gasteiger partial charge in [-0.3, -0.25) is 4.98 Å². The fraction of sp³-hybridized carbons (Fsp3) is 0.318. The maximum atomic E-state index is 15.0. The number of nitrogens with one attached hydrogen (secondary N) is 2. The maximum Gasteiger partial charge on any atom is 0.133 e. The van der Waals surface area contributed by atoms with Crippen LogP contribution >= 0.6 is 0 Å². The van der Waals surface area contributed by atoms with Crippen molar-refractivity contribution in [3.8, 4) is 11.3 Å². The first-order chi connectivity index (χ1) is 13.6. The third-order valence-electron chi connectivity index (χ3n) is 5.68. The van der Waals surface area contributed by atoms with Gasteiger partial charge < -0.3 is 10.3 Å². The highest BCUT2D eigenvalue weighted by atomic mass is 19.1. The molecule has 4 heterocycles. The summed E-state index contributed by atoms with van der Waals surface area (Å²) in [4.78, 5) is 7.90. The van der Waals surface area contributed by atoms with Gasteiger partial charge in [-0.05, 0) is 70.1 Å². The Morgan fingerprint density at radius 3 is 2.61 bits per heavy atom. The lowest BCUT2D eigenvalue weighted by atomic mass is 9.93. The molecule has 0 atom stereocenters. The van der Waals surface area contributed by atoms with Gasteiger partial charge in [-0.15, -0.1) is 0 Å². The van der Waals surface area contributed by atoms with Gasteiger partial charge in [0.1, 0.15) is 5.82 Å². The Kier molecular flexibility index (Phi) is 4.09. The number of hydrogen-bond acceptors (Lipinski definition) is 4. The van der Waals surface area contributed by atoms with E-state index in [9.17, 15) is 4.39 Å². The number of pyridine rings is 1. The van der Waals surface area contributed by atoms with E-state index in [1.807, 2.05) is 38.1 Å². The Labute approximate surface area is 162 Å². The third kappa shape index (κ3) is 2.94. The summed E-state index contributed by atoms with van der Waals surface area (Å²) in [5, 5.41) is 13.7. The summed E-state index contributed by atoms with van der Waals surface area (Å²) in [7, 11) is 0. The van der Waals surface area contributed by atoms with Gasteiger partial charge in [-0.2, -0.15) is 10.2 Å². The van der Waals surface area contributed by atoms with Crippen LogP contribution in [0.2, 0.25) is 0 Å². The number of piperidine rings is 1. The van der Waals surface area contributed by atoms with Gasteiger partial charge in [-0.25, -0.2) is 4.39 Å². The molecule has 0 aliphatic carbocycles. The fourth-order valence-electron chi connectivity index (χ4n) is 4.20. The Hall–Kier alpha value is -2.86. The molecule has 0 amide bonds. The number of aromatic amines is 1. The second-order valence-electron chi connectivity index (χ2n) is 7.68. The number of fused-ring (bicyclic) bond motifs is 2. The number of H-pyrrole nitrogens is 1. The van der Waals surface area contributed by atoms with E-state index in [-0.39, 0.29) is 5.82 Å². The summed E-state index contributed by atoms with van der Waals surface area (Å²) < 4.78 is 15.0. The highest BCUT2D eigenvalue weighted by Gasteiger charge is 2.19. The van der Waals surface area contributed by atoms with Crippen LogP contribution in [-0.4, -0.2) is 33.3 Å². The van der Waals surface area contributed by atoms with Crippen molar-refractivity contribution in [2.75, 3.05) is 13.1 Å². The molecular formula is C22H22FN5. The molecule has 28 heavy (non-hydrogen) atoms. The molecule has 1 aromatic carbocycles. The van der Waals surface area contributed by atoms with Gasteiger partial charge in [0, 0.05) is 44.9 Å². The van der Waals surface area contributed by atoms with Crippen LogP contribution in [0.25, 0.3) is 33.1 Å². The van der Waals surface area contributed by atoms with Crippen LogP contribution in [0.5, 0.6) is 0 Å². The molecule has 1 aliphatic rings. The first kappa shape index (κ1) is 17.3. The number of aryl methyl sites for hydroxylation is 2. The predicted molar refractivity (Wildman–Crippen MR) is 109 cm³/mol. The number of hydrogen-bond donors (Lipinski definition) is 2. The number of benzene rings is 1. The minimum Gasteiger partial charge on any atom is -0.354 e. The van der Waals surface area contributed by atoms with Crippen molar-refractivity contribution >= 4 is 21.8 Å². The molecule has 3 aromatic heterocycles. The zero-order valence-electron chi connectivity index (χ0n) is 16.0. The Balaban J connectivity index is 1.58. The van der Waals surface area contributed by atoms with E-state index < -0.39 is 0 Å². The Bertz CT molecular complexity index is 1190. The molecule has 1 aliphatic heterocycles. The lowest BCUT2D eigenvalue weighted by Crippen LogP contribution is -2.27. The second kappa shape index (κ2) is 6.63. The summed E-state index contributed by atoms with van der Waals surface area (Å²) in [6, 6.07) is 9.39. The number of nitrogens with zero attached hydrogens (tertiary/aromatic N) is 3. The standard InChI is InChI=1S/C22H22FN5/c1-12-7-21-16(13(2)25-12)10-19(26-21)15-8-18(23)17-11-20(27-28-22(17)9-15)14-3-5-24-6-4-14/h7-11,14,24,26H,3-6H2,1-2H3. The molecule has 6 heteroatoms. The van der Waals surface area contributed by atoms with Gasteiger partial charge in [0.15, 0.2) is 0 Å². The molecule has 0 saturated carbocycles. The Morgan fingerprint density at radius 1 is 0.964 bits per heavy atom. The molecule has 1 fully saturated rings. The van der Waals surface area contributed by atoms with Crippen molar-refractivity contribution in [1.82, 2.24) is 25.5 Å². The lowest BCUT2D eigenvalue weighted by Gasteiger charge is -2.21. The largest absolute Gasteiger partial charge is 0.354 e. The average Bonchev–Trinajstić information content (AvgIpc) is 3.13. The van der Waals surface area contributed by atoms with Crippen LogP contribution in [0.4, 0.5) is 4.39 Å². The number of aromatic nitrogens is 4. The van der Waals surface area contributed by atoms with Crippen molar-refractivity contribution in [1.29, 1.82) is 0 Å². The maximum absolute atomic E-state index is 15.0. The van der Waals surface area contributed by atoms with Gasteiger partial charge in [-0.1, -0.05) is 0 Å². The van der Waals surface area contributed by atoms with Crippen LogP contribution in [0.1, 0.15) is 35.8 Å². The van der Waals surface area contributed by atoms with E-state index in [0.717, 1.165) is 65.2 Å². The quantitative estimate of drug-likeness (QED) is 0.545. The minimum atomic E-state index is -0.262. The average molecular weight is 375 g/mol. The highest BCUT2D eigenvalue weighted by molar-refractivity contribution is 5.90. The highest BCUT2D eigenvalue weighted by Crippen LogP contribution is 2.31. The van der Waals surface area contributed by atoms with Gasteiger partial charge in [0.25, 0.3) is 0 Å². The first-order valence-electron chi connectivity index (χ1n) is 9.73. The summed E-state index contributed by atoms with van der Waals surface area (Å²) in [6.07, 6.45) is 2.03. The monoisotopic (exact) mass is 375 g/mol. The van der Waals surface area contributed by atoms with Crippen molar-refractivity contribution in [3.63, 3.8) is 0 Å². The number of rotatable bonds is 2. The van der Waals surface area contributed by atoms with E-state index in [4.69, 9.17) is 0 Å². The molecule has 0 radical (unpaired) electrons. The topological polar surface area (TPSA) is 66.5 Å². The first-order valence-corrected chi connectivity index (χ1v) is 9.73. The minimum absolute atomic E-state index is 0.262. The number of halogens is 1. The van der Waals surface area contributed by atoms with Crippen LogP contribution in [-0.2, 0) is 0 Å². The van der Waals surface area contributed by atoms with Crippen molar-refractivity contribution < 1.29 is 4.39 Å². The molecule has 0 bridgehead atoms. The molecule has 2 N–H and O–H groups in total.